The first-order chi connectivity index (χ1) is 9.58. The second kappa shape index (κ2) is 4.68. The van der Waals surface area contributed by atoms with E-state index >= 15 is 0 Å². The number of aryl methyl sites for hydroxylation is 2. The fraction of sp³-hybridized carbons (Fsp3) is 0.143. The van der Waals surface area contributed by atoms with Gasteiger partial charge in [-0.2, -0.15) is 10.2 Å². The van der Waals surface area contributed by atoms with Crippen LogP contribution >= 0.6 is 11.6 Å². The summed E-state index contributed by atoms with van der Waals surface area (Å²) in [6, 6.07) is 9.49. The van der Waals surface area contributed by atoms with Crippen molar-refractivity contribution in [2.24, 2.45) is 14.1 Å². The largest absolute Gasteiger partial charge is 0.383 e. The zero-order valence-electron chi connectivity index (χ0n) is 11.2. The number of anilines is 1. The molecule has 20 heavy (non-hydrogen) atoms. The number of nitrogens with two attached hydrogens (primary N) is 1. The van der Waals surface area contributed by atoms with Crippen molar-refractivity contribution < 1.29 is 0 Å². The number of halogens is 1. The quantitative estimate of drug-likeness (QED) is 0.788. The lowest BCUT2D eigenvalue weighted by atomic mass is 10.0. The van der Waals surface area contributed by atoms with E-state index in [9.17, 15) is 0 Å². The highest BCUT2D eigenvalue weighted by Gasteiger charge is 2.20. The van der Waals surface area contributed by atoms with Crippen molar-refractivity contribution in [1.82, 2.24) is 19.6 Å². The lowest BCUT2D eigenvalue weighted by molar-refractivity contribution is 0.760. The standard InChI is InChI=1S/C14H14ClN5/c1-19-8-7-11(17-19)13-12(14(16)20(2)18-13)9-5-3-4-6-10(9)15/h3-8H,16H2,1-2H3. The topological polar surface area (TPSA) is 61.7 Å². The van der Waals surface area contributed by atoms with Crippen LogP contribution < -0.4 is 5.73 Å². The van der Waals surface area contributed by atoms with E-state index < -0.39 is 0 Å². The minimum atomic E-state index is 0.568. The summed E-state index contributed by atoms with van der Waals surface area (Å²) < 4.78 is 3.37. The molecule has 2 N–H and O–H groups in total. The van der Waals surface area contributed by atoms with Gasteiger partial charge in [0, 0.05) is 30.9 Å². The first-order valence-electron chi connectivity index (χ1n) is 6.15. The maximum absolute atomic E-state index is 6.29. The average molecular weight is 288 g/mol. The first kappa shape index (κ1) is 12.7. The Balaban J connectivity index is 2.28. The Kier molecular flexibility index (Phi) is 2.99. The van der Waals surface area contributed by atoms with Crippen molar-refractivity contribution in [3.63, 3.8) is 0 Å². The molecule has 0 aliphatic rings. The van der Waals surface area contributed by atoms with Crippen LogP contribution in [0.15, 0.2) is 36.5 Å². The zero-order chi connectivity index (χ0) is 14.3. The Labute approximate surface area is 121 Å². The normalized spacial score (nSPS) is 10.9. The lowest BCUT2D eigenvalue weighted by Gasteiger charge is -2.05. The summed E-state index contributed by atoms with van der Waals surface area (Å²) in [5, 5.41) is 9.50. The van der Waals surface area contributed by atoms with Crippen LogP contribution in [-0.4, -0.2) is 19.6 Å². The lowest BCUT2D eigenvalue weighted by Crippen LogP contribution is -1.98. The van der Waals surface area contributed by atoms with Crippen molar-refractivity contribution >= 4 is 17.4 Å². The maximum atomic E-state index is 6.29. The zero-order valence-corrected chi connectivity index (χ0v) is 12.0. The van der Waals surface area contributed by atoms with Crippen LogP contribution in [0.5, 0.6) is 0 Å². The third kappa shape index (κ3) is 1.96. The number of aromatic nitrogens is 4. The van der Waals surface area contributed by atoms with Crippen LogP contribution in [-0.2, 0) is 14.1 Å². The SMILES string of the molecule is Cn1ccc(-c2nn(C)c(N)c2-c2ccccc2Cl)n1. The molecule has 0 aliphatic carbocycles. The molecule has 102 valence electrons. The molecule has 3 aromatic rings. The molecule has 0 atom stereocenters. The Morgan fingerprint density at radius 1 is 1.10 bits per heavy atom. The van der Waals surface area contributed by atoms with Crippen molar-refractivity contribution in [1.29, 1.82) is 0 Å². The van der Waals surface area contributed by atoms with Gasteiger partial charge in [-0.25, -0.2) is 0 Å². The molecule has 1 aromatic carbocycles. The van der Waals surface area contributed by atoms with E-state index in [2.05, 4.69) is 10.2 Å². The van der Waals surface area contributed by atoms with Gasteiger partial charge in [0.25, 0.3) is 0 Å². The van der Waals surface area contributed by atoms with Gasteiger partial charge in [0.1, 0.15) is 17.2 Å². The highest BCUT2D eigenvalue weighted by Crippen LogP contribution is 2.38. The molecule has 0 saturated carbocycles. The minimum Gasteiger partial charge on any atom is -0.383 e. The molecule has 3 rings (SSSR count). The molecule has 0 aliphatic heterocycles. The molecule has 6 heteroatoms. The van der Waals surface area contributed by atoms with Crippen LogP contribution in [0.1, 0.15) is 0 Å². The van der Waals surface area contributed by atoms with Gasteiger partial charge < -0.3 is 5.73 Å². The van der Waals surface area contributed by atoms with E-state index in [1.165, 1.54) is 0 Å². The number of rotatable bonds is 2. The minimum absolute atomic E-state index is 0.568. The Hall–Kier alpha value is -2.27. The van der Waals surface area contributed by atoms with Gasteiger partial charge >= 0.3 is 0 Å². The van der Waals surface area contributed by atoms with Crippen LogP contribution in [0.2, 0.25) is 5.02 Å². The molecule has 0 amide bonds. The molecule has 0 saturated heterocycles. The molecular formula is C14H14ClN5. The molecule has 0 bridgehead atoms. The summed E-state index contributed by atoms with van der Waals surface area (Å²) in [4.78, 5) is 0. The van der Waals surface area contributed by atoms with E-state index in [1.807, 2.05) is 50.6 Å². The molecule has 0 fully saturated rings. The smallest absolute Gasteiger partial charge is 0.130 e. The summed E-state index contributed by atoms with van der Waals surface area (Å²) in [7, 11) is 3.67. The molecule has 0 unspecified atom stereocenters. The molecule has 2 aromatic heterocycles. The summed E-state index contributed by atoms with van der Waals surface area (Å²) in [6.07, 6.45) is 1.87. The highest BCUT2D eigenvalue weighted by atomic mass is 35.5. The number of nitrogen functional groups attached to an aromatic ring is 1. The summed E-state index contributed by atoms with van der Waals surface area (Å²) in [6.45, 7) is 0. The van der Waals surface area contributed by atoms with E-state index in [4.69, 9.17) is 17.3 Å². The number of nitrogens with zero attached hydrogens (tertiary/aromatic N) is 4. The Bertz CT molecular complexity index is 772. The van der Waals surface area contributed by atoms with Crippen LogP contribution in [0.4, 0.5) is 5.82 Å². The average Bonchev–Trinajstić information content (AvgIpc) is 2.96. The summed E-state index contributed by atoms with van der Waals surface area (Å²) >= 11 is 6.29. The van der Waals surface area contributed by atoms with Crippen molar-refractivity contribution in [3.05, 3.63) is 41.6 Å². The van der Waals surface area contributed by atoms with Gasteiger partial charge in [-0.1, -0.05) is 29.8 Å². The number of benzene rings is 1. The summed E-state index contributed by atoms with van der Waals surface area (Å²) in [5.41, 5.74) is 9.34. The Morgan fingerprint density at radius 3 is 2.50 bits per heavy atom. The van der Waals surface area contributed by atoms with Gasteiger partial charge in [0.15, 0.2) is 0 Å². The number of hydrogen-bond acceptors (Lipinski definition) is 3. The van der Waals surface area contributed by atoms with E-state index in [0.29, 0.717) is 10.8 Å². The van der Waals surface area contributed by atoms with Gasteiger partial charge in [0.2, 0.25) is 0 Å². The van der Waals surface area contributed by atoms with Crippen molar-refractivity contribution in [3.8, 4) is 22.5 Å². The van der Waals surface area contributed by atoms with E-state index in [0.717, 1.165) is 22.5 Å². The number of hydrogen-bond donors (Lipinski definition) is 1. The Morgan fingerprint density at radius 2 is 1.85 bits per heavy atom. The molecule has 0 spiro atoms. The maximum Gasteiger partial charge on any atom is 0.130 e. The third-order valence-corrected chi connectivity index (χ3v) is 3.52. The molecule has 5 nitrogen and oxygen atoms in total. The van der Waals surface area contributed by atoms with Gasteiger partial charge in [-0.3, -0.25) is 9.36 Å². The van der Waals surface area contributed by atoms with Gasteiger partial charge in [-0.05, 0) is 12.1 Å². The van der Waals surface area contributed by atoms with Crippen LogP contribution in [0.3, 0.4) is 0 Å². The van der Waals surface area contributed by atoms with Gasteiger partial charge in [0.05, 0.1) is 5.56 Å². The predicted octanol–water partition coefficient (Wildman–Crippen LogP) is 2.72. The second-order valence-corrected chi connectivity index (χ2v) is 4.99. The predicted molar refractivity (Wildman–Crippen MR) is 80.3 cm³/mol. The van der Waals surface area contributed by atoms with E-state index in [1.54, 1.807) is 9.36 Å². The fourth-order valence-electron chi connectivity index (χ4n) is 2.19. The monoisotopic (exact) mass is 287 g/mol. The van der Waals surface area contributed by atoms with Crippen molar-refractivity contribution in [2.45, 2.75) is 0 Å². The van der Waals surface area contributed by atoms with Gasteiger partial charge in [-0.15, -0.1) is 0 Å². The fourth-order valence-corrected chi connectivity index (χ4v) is 2.42. The molecule has 2 heterocycles. The van der Waals surface area contributed by atoms with Crippen LogP contribution in [0, 0.1) is 0 Å². The molecular weight excluding hydrogens is 274 g/mol. The highest BCUT2D eigenvalue weighted by molar-refractivity contribution is 6.33. The summed E-state index contributed by atoms with van der Waals surface area (Å²) in [5.74, 6) is 0.568. The second-order valence-electron chi connectivity index (χ2n) is 4.59. The van der Waals surface area contributed by atoms with Crippen LogP contribution in [0.25, 0.3) is 22.5 Å². The first-order valence-corrected chi connectivity index (χ1v) is 6.53. The third-order valence-electron chi connectivity index (χ3n) is 3.19. The van der Waals surface area contributed by atoms with Crippen molar-refractivity contribution in [2.75, 3.05) is 5.73 Å². The molecule has 0 radical (unpaired) electrons. The van der Waals surface area contributed by atoms with E-state index in [-0.39, 0.29) is 0 Å².